The summed E-state index contributed by atoms with van der Waals surface area (Å²) in [6.07, 6.45) is 1.61. The van der Waals surface area contributed by atoms with E-state index in [0.717, 1.165) is 35.0 Å². The van der Waals surface area contributed by atoms with E-state index in [-0.39, 0.29) is 0 Å². The van der Waals surface area contributed by atoms with E-state index in [1.165, 1.54) is 11.1 Å². The van der Waals surface area contributed by atoms with Gasteiger partial charge in [0.05, 0.1) is 10.4 Å². The molecular weight excluding hydrogens is 366 g/mol. The minimum absolute atomic E-state index is 0.315. The van der Waals surface area contributed by atoms with E-state index < -0.39 is 10.0 Å². The quantitative estimate of drug-likeness (QED) is 0.492. The van der Waals surface area contributed by atoms with Crippen molar-refractivity contribution in [1.29, 1.82) is 0 Å². The third kappa shape index (κ3) is 2.60. The van der Waals surface area contributed by atoms with Crippen molar-refractivity contribution in [2.24, 2.45) is 0 Å². The molecule has 0 aliphatic heterocycles. The molecule has 1 aromatic heterocycles. The van der Waals surface area contributed by atoms with Crippen LogP contribution in [0.3, 0.4) is 0 Å². The third-order valence-electron chi connectivity index (χ3n) is 5.76. The second kappa shape index (κ2) is 6.35. The van der Waals surface area contributed by atoms with Gasteiger partial charge in [0.15, 0.2) is 0 Å². The van der Waals surface area contributed by atoms with Crippen LogP contribution in [0, 0.1) is 6.92 Å². The summed E-state index contributed by atoms with van der Waals surface area (Å²) in [5.74, 6) is 0.315. The highest BCUT2D eigenvalue weighted by molar-refractivity contribution is 7.90. The maximum atomic E-state index is 13.6. The molecule has 1 aliphatic carbocycles. The molecule has 0 spiro atoms. The topological polar surface area (TPSA) is 39.1 Å². The summed E-state index contributed by atoms with van der Waals surface area (Å²) in [7, 11) is -3.65. The Morgan fingerprint density at radius 1 is 0.821 bits per heavy atom. The average Bonchev–Trinajstić information content (AvgIpc) is 3.26. The zero-order chi connectivity index (χ0) is 19.3. The van der Waals surface area contributed by atoms with Crippen molar-refractivity contribution in [3.63, 3.8) is 0 Å². The Bertz CT molecular complexity index is 1270. The highest BCUT2D eigenvalue weighted by Gasteiger charge is 2.33. The monoisotopic (exact) mass is 387 g/mol. The minimum atomic E-state index is -3.65. The highest BCUT2D eigenvalue weighted by Crippen LogP contribution is 2.41. The van der Waals surface area contributed by atoms with Crippen LogP contribution in [0.25, 0.3) is 10.9 Å². The Labute approximate surface area is 165 Å². The first-order valence-corrected chi connectivity index (χ1v) is 11.0. The van der Waals surface area contributed by atoms with E-state index in [1.807, 2.05) is 61.5 Å². The maximum absolute atomic E-state index is 13.6. The second-order valence-corrected chi connectivity index (χ2v) is 9.33. The Balaban J connectivity index is 1.70. The summed E-state index contributed by atoms with van der Waals surface area (Å²) in [6.45, 7) is 1.96. The molecule has 5 rings (SSSR count). The van der Waals surface area contributed by atoms with Crippen LogP contribution in [-0.2, 0) is 22.9 Å². The Morgan fingerprint density at radius 2 is 1.50 bits per heavy atom. The van der Waals surface area contributed by atoms with Crippen LogP contribution in [-0.4, -0.2) is 12.4 Å². The standard InChI is InChI=1S/C24H21NO2S/c1-17-11-13-20(14-12-17)28(26,27)25-23-10-6-5-9-21(23)22-15-19(16-24(22)25)18-7-3-2-4-8-18/h2-14,19H,15-16H2,1H3/t19-/m1/s1. The predicted octanol–water partition coefficient (Wildman–Crippen LogP) is 5.07. The SMILES string of the molecule is Cc1ccc(S(=O)(=O)n2c3c(c4ccccc42)C[C@@H](c2ccccc2)C3)cc1. The lowest BCUT2D eigenvalue weighted by Gasteiger charge is -2.14. The molecule has 3 nitrogen and oxygen atoms in total. The molecule has 0 fully saturated rings. The van der Waals surface area contributed by atoms with Crippen LogP contribution in [0.4, 0.5) is 0 Å². The van der Waals surface area contributed by atoms with Gasteiger partial charge in [-0.2, -0.15) is 0 Å². The first kappa shape index (κ1) is 17.3. The Kier molecular flexibility index (Phi) is 3.91. The molecule has 1 atom stereocenters. The van der Waals surface area contributed by atoms with Crippen molar-refractivity contribution in [3.8, 4) is 0 Å². The fraction of sp³-hybridized carbons (Fsp3) is 0.167. The summed E-state index contributed by atoms with van der Waals surface area (Å²) in [5.41, 5.74) is 5.18. The van der Waals surface area contributed by atoms with E-state index in [9.17, 15) is 8.42 Å². The molecular formula is C24H21NO2S. The van der Waals surface area contributed by atoms with Crippen LogP contribution in [0.15, 0.2) is 83.8 Å². The number of rotatable bonds is 3. The van der Waals surface area contributed by atoms with E-state index in [2.05, 4.69) is 12.1 Å². The number of aromatic nitrogens is 1. The van der Waals surface area contributed by atoms with Crippen LogP contribution < -0.4 is 0 Å². The van der Waals surface area contributed by atoms with Gasteiger partial charge in [-0.05, 0) is 55.0 Å². The largest absolute Gasteiger partial charge is 0.268 e. The molecule has 0 saturated carbocycles. The molecule has 1 aliphatic rings. The van der Waals surface area contributed by atoms with Gasteiger partial charge in [-0.25, -0.2) is 12.4 Å². The number of hydrogen-bond donors (Lipinski definition) is 0. The van der Waals surface area contributed by atoms with E-state index >= 15 is 0 Å². The number of nitrogens with zero attached hydrogens (tertiary/aromatic N) is 1. The van der Waals surface area contributed by atoms with Crippen LogP contribution in [0.1, 0.15) is 28.3 Å². The highest BCUT2D eigenvalue weighted by atomic mass is 32.2. The van der Waals surface area contributed by atoms with Crippen molar-refractivity contribution in [1.82, 2.24) is 3.97 Å². The Hall–Kier alpha value is -2.85. The summed E-state index contributed by atoms with van der Waals surface area (Å²) < 4.78 is 28.8. The summed E-state index contributed by atoms with van der Waals surface area (Å²) >= 11 is 0. The van der Waals surface area contributed by atoms with Gasteiger partial charge in [0.25, 0.3) is 10.0 Å². The zero-order valence-corrected chi connectivity index (χ0v) is 16.5. The molecule has 0 amide bonds. The molecule has 0 saturated heterocycles. The van der Waals surface area contributed by atoms with Crippen LogP contribution in [0.2, 0.25) is 0 Å². The van der Waals surface area contributed by atoms with Gasteiger partial charge in [-0.1, -0.05) is 66.2 Å². The number of benzene rings is 3. The van der Waals surface area contributed by atoms with Gasteiger partial charge >= 0.3 is 0 Å². The van der Waals surface area contributed by atoms with Crippen molar-refractivity contribution >= 4 is 20.9 Å². The van der Waals surface area contributed by atoms with E-state index in [0.29, 0.717) is 10.8 Å². The molecule has 0 radical (unpaired) electrons. The van der Waals surface area contributed by atoms with Crippen LogP contribution in [0.5, 0.6) is 0 Å². The van der Waals surface area contributed by atoms with Gasteiger partial charge in [-0.3, -0.25) is 0 Å². The smallest absolute Gasteiger partial charge is 0.238 e. The molecule has 0 N–H and O–H groups in total. The third-order valence-corrected chi connectivity index (χ3v) is 7.53. The van der Waals surface area contributed by atoms with E-state index in [4.69, 9.17) is 0 Å². The maximum Gasteiger partial charge on any atom is 0.268 e. The molecule has 3 aromatic carbocycles. The first-order chi connectivity index (χ1) is 13.6. The molecule has 0 bridgehead atoms. The molecule has 4 heteroatoms. The van der Waals surface area contributed by atoms with Crippen molar-refractivity contribution in [3.05, 3.63) is 101 Å². The average molecular weight is 388 g/mol. The zero-order valence-electron chi connectivity index (χ0n) is 15.7. The van der Waals surface area contributed by atoms with Crippen LogP contribution >= 0.6 is 0 Å². The van der Waals surface area contributed by atoms with Crippen molar-refractivity contribution < 1.29 is 8.42 Å². The summed E-state index contributed by atoms with van der Waals surface area (Å²) in [6, 6.07) is 25.4. The second-order valence-electron chi connectivity index (χ2n) is 7.54. The van der Waals surface area contributed by atoms with Gasteiger partial charge in [0, 0.05) is 11.1 Å². The molecule has 28 heavy (non-hydrogen) atoms. The lowest BCUT2D eigenvalue weighted by Crippen LogP contribution is -2.16. The van der Waals surface area contributed by atoms with E-state index in [1.54, 1.807) is 16.1 Å². The molecule has 4 aromatic rings. The van der Waals surface area contributed by atoms with Gasteiger partial charge in [0.1, 0.15) is 0 Å². The van der Waals surface area contributed by atoms with Gasteiger partial charge in [0.2, 0.25) is 0 Å². The predicted molar refractivity (Wildman–Crippen MR) is 112 cm³/mol. The number of para-hydroxylation sites is 1. The van der Waals surface area contributed by atoms with Gasteiger partial charge < -0.3 is 0 Å². The fourth-order valence-electron chi connectivity index (χ4n) is 4.37. The molecule has 0 unspecified atom stereocenters. The first-order valence-electron chi connectivity index (χ1n) is 9.54. The molecule has 1 heterocycles. The summed E-state index contributed by atoms with van der Waals surface area (Å²) in [4.78, 5) is 0.338. The normalized spacial score (nSPS) is 16.4. The van der Waals surface area contributed by atoms with Gasteiger partial charge in [-0.15, -0.1) is 0 Å². The minimum Gasteiger partial charge on any atom is -0.238 e. The number of aryl methyl sites for hydroxylation is 1. The number of hydrogen-bond acceptors (Lipinski definition) is 2. The van der Waals surface area contributed by atoms with Crippen molar-refractivity contribution in [2.45, 2.75) is 30.6 Å². The Morgan fingerprint density at radius 3 is 2.25 bits per heavy atom. The lowest BCUT2D eigenvalue weighted by molar-refractivity contribution is 0.586. The number of fused-ring (bicyclic) bond motifs is 3. The fourth-order valence-corrected chi connectivity index (χ4v) is 5.95. The molecule has 140 valence electrons. The summed E-state index contributed by atoms with van der Waals surface area (Å²) in [5, 5.41) is 1.05. The lowest BCUT2D eigenvalue weighted by atomic mass is 9.96. The van der Waals surface area contributed by atoms with Crippen molar-refractivity contribution in [2.75, 3.05) is 0 Å².